The van der Waals surface area contributed by atoms with Gasteiger partial charge < -0.3 is 10.6 Å². The Balaban J connectivity index is 2.55. The van der Waals surface area contributed by atoms with Gasteiger partial charge in [-0.2, -0.15) is 5.26 Å². The molecule has 0 aromatic heterocycles. The van der Waals surface area contributed by atoms with Crippen molar-refractivity contribution in [2.75, 3.05) is 0 Å². The average Bonchev–Trinajstić information content (AvgIpc) is 2.45. The Morgan fingerprint density at radius 3 is 2.60 bits per heavy atom. The van der Waals surface area contributed by atoms with Gasteiger partial charge in [-0.25, -0.2) is 0 Å². The largest absolute Gasteiger partial charge is 0.386 e. The van der Waals surface area contributed by atoms with Crippen LogP contribution in [0.3, 0.4) is 0 Å². The summed E-state index contributed by atoms with van der Waals surface area (Å²) in [6, 6.07) is 10.1. The highest BCUT2D eigenvalue weighted by molar-refractivity contribution is 5.97. The predicted octanol–water partition coefficient (Wildman–Crippen LogP) is 2.41. The Bertz CT molecular complexity index is 512. The van der Waals surface area contributed by atoms with E-state index in [4.69, 9.17) is 5.26 Å². The zero-order valence-electron chi connectivity index (χ0n) is 12.2. The van der Waals surface area contributed by atoms with Gasteiger partial charge in [-0.05, 0) is 25.8 Å². The molecule has 1 unspecified atom stereocenters. The number of hydrogen-bond donors (Lipinski definition) is 2. The molecule has 1 aromatic carbocycles. The van der Waals surface area contributed by atoms with E-state index < -0.39 is 0 Å². The second kappa shape index (κ2) is 8.00. The number of nitriles is 1. The molecular formula is C16H21N3O. The van der Waals surface area contributed by atoms with Gasteiger partial charge in [0.25, 0.3) is 5.91 Å². The summed E-state index contributed by atoms with van der Waals surface area (Å²) in [6.45, 7) is 6.51. The van der Waals surface area contributed by atoms with Gasteiger partial charge in [-0.15, -0.1) is 0 Å². The molecule has 1 amide bonds. The minimum absolute atomic E-state index is 0.0661. The lowest BCUT2D eigenvalue weighted by atomic mass is 10.1. The van der Waals surface area contributed by atoms with Crippen LogP contribution in [0.15, 0.2) is 36.0 Å². The first kappa shape index (κ1) is 15.8. The van der Waals surface area contributed by atoms with Gasteiger partial charge in [0.2, 0.25) is 0 Å². The van der Waals surface area contributed by atoms with E-state index in [1.54, 1.807) is 0 Å². The Hall–Kier alpha value is -2.28. The molecule has 0 saturated carbocycles. The summed E-state index contributed by atoms with van der Waals surface area (Å²) in [7, 11) is 0. The number of nitrogens with zero attached hydrogens (tertiary/aromatic N) is 1. The normalized spacial score (nSPS) is 12.4. The second-order valence-electron chi connectivity index (χ2n) is 4.82. The molecule has 2 N–H and O–H groups in total. The van der Waals surface area contributed by atoms with Gasteiger partial charge >= 0.3 is 0 Å². The van der Waals surface area contributed by atoms with Crippen LogP contribution in [-0.2, 0) is 11.3 Å². The van der Waals surface area contributed by atoms with Crippen molar-refractivity contribution in [2.24, 2.45) is 0 Å². The Morgan fingerprint density at radius 2 is 2.05 bits per heavy atom. The Labute approximate surface area is 120 Å². The fourth-order valence-corrected chi connectivity index (χ4v) is 1.53. The van der Waals surface area contributed by atoms with Crippen molar-refractivity contribution < 1.29 is 4.79 Å². The third-order valence-corrected chi connectivity index (χ3v) is 3.03. The van der Waals surface area contributed by atoms with Crippen molar-refractivity contribution in [2.45, 2.75) is 39.8 Å². The molecule has 0 aliphatic heterocycles. The van der Waals surface area contributed by atoms with Crippen molar-refractivity contribution in [3.05, 3.63) is 47.2 Å². The molecule has 20 heavy (non-hydrogen) atoms. The summed E-state index contributed by atoms with van der Waals surface area (Å²) in [5.74, 6) is -0.335. The highest BCUT2D eigenvalue weighted by Crippen LogP contribution is 2.03. The van der Waals surface area contributed by atoms with Crippen LogP contribution in [0.25, 0.3) is 0 Å². The van der Waals surface area contributed by atoms with E-state index in [1.165, 1.54) is 11.8 Å². The molecular weight excluding hydrogens is 250 g/mol. The highest BCUT2D eigenvalue weighted by Gasteiger charge is 2.10. The van der Waals surface area contributed by atoms with Crippen molar-refractivity contribution in [1.29, 1.82) is 5.26 Å². The SMILES string of the molecule is CCC(C)NC(=O)/C(C#N)=C\NCc1ccc(C)cc1. The summed E-state index contributed by atoms with van der Waals surface area (Å²) in [4.78, 5) is 11.8. The maximum absolute atomic E-state index is 11.8. The monoisotopic (exact) mass is 271 g/mol. The average molecular weight is 271 g/mol. The lowest BCUT2D eigenvalue weighted by Gasteiger charge is -2.10. The first-order valence-electron chi connectivity index (χ1n) is 6.76. The van der Waals surface area contributed by atoms with Crippen LogP contribution in [-0.4, -0.2) is 11.9 Å². The molecule has 0 aliphatic rings. The summed E-state index contributed by atoms with van der Waals surface area (Å²) < 4.78 is 0. The fourth-order valence-electron chi connectivity index (χ4n) is 1.53. The molecule has 0 fully saturated rings. The van der Waals surface area contributed by atoms with Crippen molar-refractivity contribution in [3.8, 4) is 6.07 Å². The van der Waals surface area contributed by atoms with Gasteiger partial charge in [-0.1, -0.05) is 36.8 Å². The minimum Gasteiger partial charge on any atom is -0.386 e. The summed E-state index contributed by atoms with van der Waals surface area (Å²) >= 11 is 0. The smallest absolute Gasteiger partial charge is 0.263 e. The number of benzene rings is 1. The van der Waals surface area contributed by atoms with Gasteiger partial charge in [0.15, 0.2) is 0 Å². The second-order valence-corrected chi connectivity index (χ2v) is 4.82. The number of carbonyl (C=O) groups excluding carboxylic acids is 1. The maximum Gasteiger partial charge on any atom is 0.263 e. The van der Waals surface area contributed by atoms with Crippen LogP contribution in [0.2, 0.25) is 0 Å². The number of hydrogen-bond acceptors (Lipinski definition) is 3. The fraction of sp³-hybridized carbons (Fsp3) is 0.375. The molecule has 1 rings (SSSR count). The molecule has 0 aliphatic carbocycles. The Morgan fingerprint density at radius 1 is 1.40 bits per heavy atom. The van der Waals surface area contributed by atoms with Gasteiger partial charge in [0, 0.05) is 18.8 Å². The van der Waals surface area contributed by atoms with Crippen LogP contribution in [0.1, 0.15) is 31.4 Å². The molecule has 4 heteroatoms. The number of carbonyl (C=O) groups is 1. The first-order valence-corrected chi connectivity index (χ1v) is 6.76. The molecule has 0 heterocycles. The molecule has 0 spiro atoms. The van der Waals surface area contributed by atoms with Gasteiger partial charge in [0.05, 0.1) is 0 Å². The minimum atomic E-state index is -0.335. The van der Waals surface area contributed by atoms with E-state index in [0.717, 1.165) is 12.0 Å². The van der Waals surface area contributed by atoms with E-state index in [2.05, 4.69) is 10.6 Å². The summed E-state index contributed by atoms with van der Waals surface area (Å²) in [5.41, 5.74) is 2.40. The Kier molecular flexibility index (Phi) is 6.31. The lowest BCUT2D eigenvalue weighted by Crippen LogP contribution is -2.33. The highest BCUT2D eigenvalue weighted by atomic mass is 16.1. The quantitative estimate of drug-likeness (QED) is 0.617. The lowest BCUT2D eigenvalue weighted by molar-refractivity contribution is -0.117. The third kappa shape index (κ3) is 5.15. The zero-order chi connectivity index (χ0) is 15.0. The first-order chi connectivity index (χ1) is 9.56. The van der Waals surface area contributed by atoms with Crippen molar-refractivity contribution in [3.63, 3.8) is 0 Å². The van der Waals surface area contributed by atoms with Crippen LogP contribution < -0.4 is 10.6 Å². The maximum atomic E-state index is 11.8. The number of amides is 1. The van der Waals surface area contributed by atoms with Crippen molar-refractivity contribution >= 4 is 5.91 Å². The molecule has 1 atom stereocenters. The topological polar surface area (TPSA) is 64.9 Å². The standard InChI is InChI=1S/C16H21N3O/c1-4-13(3)19-16(20)15(9-17)11-18-10-14-7-5-12(2)6-8-14/h5-8,11,13,18H,4,10H2,1-3H3,(H,19,20)/b15-11-. The number of aryl methyl sites for hydroxylation is 1. The van der Waals surface area contributed by atoms with Gasteiger partial charge in [0.1, 0.15) is 11.6 Å². The molecule has 0 saturated heterocycles. The van der Waals surface area contributed by atoms with Crippen LogP contribution in [0.5, 0.6) is 0 Å². The zero-order valence-corrected chi connectivity index (χ0v) is 12.2. The molecule has 4 nitrogen and oxygen atoms in total. The van der Waals surface area contributed by atoms with Crippen LogP contribution in [0, 0.1) is 18.3 Å². The molecule has 0 radical (unpaired) electrons. The van der Waals surface area contributed by atoms with Crippen LogP contribution in [0.4, 0.5) is 0 Å². The van der Waals surface area contributed by atoms with E-state index >= 15 is 0 Å². The van der Waals surface area contributed by atoms with E-state index in [0.29, 0.717) is 6.54 Å². The third-order valence-electron chi connectivity index (χ3n) is 3.03. The summed E-state index contributed by atoms with van der Waals surface area (Å²) in [6.07, 6.45) is 2.30. The van der Waals surface area contributed by atoms with Crippen LogP contribution >= 0.6 is 0 Å². The molecule has 1 aromatic rings. The van der Waals surface area contributed by atoms with E-state index in [9.17, 15) is 4.79 Å². The molecule has 0 bridgehead atoms. The molecule has 106 valence electrons. The van der Waals surface area contributed by atoms with E-state index in [-0.39, 0.29) is 17.5 Å². The number of nitrogens with one attached hydrogen (secondary N) is 2. The van der Waals surface area contributed by atoms with Crippen molar-refractivity contribution in [1.82, 2.24) is 10.6 Å². The van der Waals surface area contributed by atoms with Gasteiger partial charge in [-0.3, -0.25) is 4.79 Å². The predicted molar refractivity (Wildman–Crippen MR) is 79.6 cm³/mol. The number of rotatable bonds is 6. The summed E-state index contributed by atoms with van der Waals surface area (Å²) in [5, 5.41) is 14.8. The van der Waals surface area contributed by atoms with E-state index in [1.807, 2.05) is 51.1 Å².